The Morgan fingerprint density at radius 3 is 2.04 bits per heavy atom. The molecule has 3 atom stereocenters. The minimum atomic E-state index is 0.160. The molecule has 1 heterocycles. The average molecular weight is 390 g/mol. The Hall–Kier alpha value is -2.07. The highest BCUT2D eigenvalue weighted by Gasteiger charge is 2.32. The smallest absolute Gasteiger partial charge is 0.0865 e. The van der Waals surface area contributed by atoms with Crippen molar-refractivity contribution in [3.8, 4) is 0 Å². The summed E-state index contributed by atoms with van der Waals surface area (Å²) in [6.07, 6.45) is 0.160. The molecule has 1 aliphatic heterocycles. The quantitative estimate of drug-likeness (QED) is 0.481. The van der Waals surface area contributed by atoms with Crippen LogP contribution in [-0.2, 0) is 4.74 Å². The number of benzene rings is 3. The molecule has 0 unspecified atom stereocenters. The van der Waals surface area contributed by atoms with Crippen LogP contribution in [0.15, 0.2) is 95.9 Å². The molecule has 1 fully saturated rings. The topological polar surface area (TPSA) is 12.5 Å². The van der Waals surface area contributed by atoms with Crippen molar-refractivity contribution in [3.63, 3.8) is 0 Å². The fourth-order valence-corrected chi connectivity index (χ4v) is 5.04. The van der Waals surface area contributed by atoms with Crippen LogP contribution in [0.3, 0.4) is 0 Å². The number of ether oxygens (including phenoxy) is 1. The van der Waals surface area contributed by atoms with E-state index in [1.807, 2.05) is 11.8 Å². The van der Waals surface area contributed by atoms with Crippen molar-refractivity contribution in [1.29, 1.82) is 0 Å². The minimum absolute atomic E-state index is 0.160. The summed E-state index contributed by atoms with van der Waals surface area (Å²) < 4.78 is 6.32. The van der Waals surface area contributed by atoms with Crippen LogP contribution in [0.4, 0.5) is 0 Å². The maximum atomic E-state index is 6.32. The third-order valence-corrected chi connectivity index (χ3v) is 6.80. The lowest BCUT2D eigenvalue weighted by Gasteiger charge is -2.40. The summed E-state index contributed by atoms with van der Waals surface area (Å²) in [5.41, 5.74) is 2.70. The van der Waals surface area contributed by atoms with E-state index >= 15 is 0 Å². The van der Waals surface area contributed by atoms with Gasteiger partial charge in [0, 0.05) is 24.0 Å². The number of morpholine rings is 1. The summed E-state index contributed by atoms with van der Waals surface area (Å²) in [6.45, 7) is 5.00. The fraction of sp³-hybridized carbons (Fsp3) is 0.280. The molecule has 1 aliphatic rings. The zero-order chi connectivity index (χ0) is 19.2. The summed E-state index contributed by atoms with van der Waals surface area (Å²) in [6, 6.07) is 32.6. The first kappa shape index (κ1) is 19.3. The molecule has 0 spiro atoms. The van der Waals surface area contributed by atoms with Gasteiger partial charge in [0.05, 0.1) is 18.0 Å². The number of thioether (sulfide) groups is 1. The molecule has 0 N–H and O–H groups in total. The Labute approximate surface area is 172 Å². The molecular formula is C25H27NOS. The summed E-state index contributed by atoms with van der Waals surface area (Å²) in [4.78, 5) is 3.85. The highest BCUT2D eigenvalue weighted by Crippen LogP contribution is 2.40. The third-order valence-electron chi connectivity index (χ3n) is 5.43. The van der Waals surface area contributed by atoms with E-state index in [-0.39, 0.29) is 11.4 Å². The van der Waals surface area contributed by atoms with Crippen LogP contribution in [0.5, 0.6) is 0 Å². The van der Waals surface area contributed by atoms with Crippen molar-refractivity contribution >= 4 is 11.8 Å². The zero-order valence-corrected chi connectivity index (χ0v) is 17.1. The van der Waals surface area contributed by atoms with Gasteiger partial charge < -0.3 is 4.74 Å². The van der Waals surface area contributed by atoms with Crippen molar-refractivity contribution in [3.05, 3.63) is 102 Å². The first-order chi connectivity index (χ1) is 13.8. The summed E-state index contributed by atoms with van der Waals surface area (Å²) >= 11 is 1.91. The van der Waals surface area contributed by atoms with Gasteiger partial charge in [-0.25, -0.2) is 0 Å². The largest absolute Gasteiger partial charge is 0.374 e. The van der Waals surface area contributed by atoms with Crippen molar-refractivity contribution in [1.82, 2.24) is 4.90 Å². The van der Waals surface area contributed by atoms with Gasteiger partial charge in [-0.2, -0.15) is 0 Å². The Balaban J connectivity index is 1.55. The Kier molecular flexibility index (Phi) is 6.48. The summed E-state index contributed by atoms with van der Waals surface area (Å²) in [5.74, 6) is 0. The number of hydrogen-bond acceptors (Lipinski definition) is 3. The lowest BCUT2D eigenvalue weighted by molar-refractivity contribution is -0.0420. The fourth-order valence-electron chi connectivity index (χ4n) is 3.82. The van der Waals surface area contributed by atoms with E-state index in [0.717, 1.165) is 19.7 Å². The van der Waals surface area contributed by atoms with Crippen LogP contribution in [0.25, 0.3) is 0 Å². The van der Waals surface area contributed by atoms with E-state index in [0.29, 0.717) is 6.04 Å². The van der Waals surface area contributed by atoms with Gasteiger partial charge in [-0.3, -0.25) is 4.90 Å². The summed E-state index contributed by atoms with van der Waals surface area (Å²) in [7, 11) is 0. The Bertz CT molecular complexity index is 840. The molecule has 2 nitrogen and oxygen atoms in total. The van der Waals surface area contributed by atoms with Crippen LogP contribution < -0.4 is 0 Å². The second-order valence-electron chi connectivity index (χ2n) is 7.25. The first-order valence-electron chi connectivity index (χ1n) is 9.98. The first-order valence-corrected chi connectivity index (χ1v) is 10.9. The number of hydrogen-bond donors (Lipinski definition) is 0. The van der Waals surface area contributed by atoms with E-state index in [1.165, 1.54) is 16.0 Å². The molecule has 0 bridgehead atoms. The molecule has 1 saturated heterocycles. The van der Waals surface area contributed by atoms with Crippen LogP contribution >= 0.6 is 11.8 Å². The van der Waals surface area contributed by atoms with Gasteiger partial charge in [-0.1, -0.05) is 78.9 Å². The van der Waals surface area contributed by atoms with Crippen molar-refractivity contribution in [2.75, 3.05) is 19.7 Å². The highest BCUT2D eigenvalue weighted by atomic mass is 32.2. The second-order valence-corrected chi connectivity index (χ2v) is 8.47. The van der Waals surface area contributed by atoms with E-state index < -0.39 is 0 Å². The zero-order valence-electron chi connectivity index (χ0n) is 16.3. The molecule has 28 heavy (non-hydrogen) atoms. The highest BCUT2D eigenvalue weighted by molar-refractivity contribution is 7.99. The predicted octanol–water partition coefficient (Wildman–Crippen LogP) is 5.98. The van der Waals surface area contributed by atoms with Gasteiger partial charge in [0.1, 0.15) is 0 Å². The molecule has 0 aromatic heterocycles. The number of nitrogens with zero attached hydrogens (tertiary/aromatic N) is 1. The van der Waals surface area contributed by atoms with Crippen LogP contribution in [0.2, 0.25) is 0 Å². The maximum absolute atomic E-state index is 6.32. The lowest BCUT2D eigenvalue weighted by Crippen LogP contribution is -2.45. The maximum Gasteiger partial charge on any atom is 0.0865 e. The van der Waals surface area contributed by atoms with E-state index in [1.54, 1.807) is 0 Å². The van der Waals surface area contributed by atoms with Crippen LogP contribution in [0.1, 0.15) is 29.3 Å². The molecule has 144 valence electrons. The molecule has 0 radical (unpaired) electrons. The van der Waals surface area contributed by atoms with Gasteiger partial charge >= 0.3 is 0 Å². The second kappa shape index (κ2) is 9.42. The van der Waals surface area contributed by atoms with Crippen molar-refractivity contribution < 1.29 is 4.74 Å². The Morgan fingerprint density at radius 1 is 0.821 bits per heavy atom. The van der Waals surface area contributed by atoms with Crippen molar-refractivity contribution in [2.24, 2.45) is 0 Å². The molecule has 0 amide bonds. The Morgan fingerprint density at radius 2 is 1.39 bits per heavy atom. The molecular weight excluding hydrogens is 362 g/mol. The molecule has 4 rings (SSSR count). The molecule has 3 aromatic carbocycles. The third kappa shape index (κ3) is 4.67. The summed E-state index contributed by atoms with van der Waals surface area (Å²) in [5, 5.41) is 0.273. The molecule has 0 aliphatic carbocycles. The van der Waals surface area contributed by atoms with Gasteiger partial charge in [0.2, 0.25) is 0 Å². The van der Waals surface area contributed by atoms with Gasteiger partial charge in [-0.05, 0) is 30.2 Å². The molecule has 3 aromatic rings. The molecule has 0 saturated carbocycles. The van der Waals surface area contributed by atoms with Gasteiger partial charge in [-0.15, -0.1) is 11.8 Å². The average Bonchev–Trinajstić information content (AvgIpc) is 2.79. The predicted molar refractivity (Wildman–Crippen MR) is 118 cm³/mol. The van der Waals surface area contributed by atoms with Crippen LogP contribution in [0, 0.1) is 0 Å². The SMILES string of the molecule is C[C@@H](c1ccccc1)N1CCO[C@H]([C@@H](Sc2ccccc2)c2ccccc2)C1. The molecule has 3 heteroatoms. The van der Waals surface area contributed by atoms with Gasteiger partial charge in [0.25, 0.3) is 0 Å². The minimum Gasteiger partial charge on any atom is -0.374 e. The van der Waals surface area contributed by atoms with Gasteiger partial charge in [0.15, 0.2) is 0 Å². The van der Waals surface area contributed by atoms with E-state index in [9.17, 15) is 0 Å². The van der Waals surface area contributed by atoms with Crippen molar-refractivity contribution in [2.45, 2.75) is 29.2 Å². The van der Waals surface area contributed by atoms with E-state index in [4.69, 9.17) is 4.74 Å². The van der Waals surface area contributed by atoms with E-state index in [2.05, 4.69) is 103 Å². The normalized spacial score (nSPS) is 19.8. The lowest BCUT2D eigenvalue weighted by atomic mass is 10.0. The van der Waals surface area contributed by atoms with Crippen LogP contribution in [-0.4, -0.2) is 30.7 Å². The monoisotopic (exact) mass is 389 g/mol. The number of rotatable bonds is 6. The standard InChI is InChI=1S/C25H27NOS/c1-20(21-11-5-2-6-12-21)26-17-18-27-24(19-26)25(22-13-7-3-8-14-22)28-23-15-9-4-10-16-23/h2-16,20,24-25H,17-19H2,1H3/t20-,24-,25-/m0/s1.